The number of halogens is 2. The zero-order valence-corrected chi connectivity index (χ0v) is 18.9. The van der Waals surface area contributed by atoms with E-state index in [1.165, 1.54) is 18.2 Å². The van der Waals surface area contributed by atoms with E-state index >= 15 is 0 Å². The summed E-state index contributed by atoms with van der Waals surface area (Å²) in [4.78, 5) is 12.3. The standard InChI is InChI=1S/C22H20Cl2N2O4S/c1-15-12-17(31(28,29)25-13-16-6-3-2-4-7-16)10-11-20(15)30-14-21(27)26-19-9-5-8-18(23)22(19)24/h2-12,25H,13-14H2,1H3,(H,26,27). The Balaban J connectivity index is 1.61. The van der Waals surface area contributed by atoms with Gasteiger partial charge in [0.1, 0.15) is 5.75 Å². The number of aryl methyl sites for hydroxylation is 1. The van der Waals surface area contributed by atoms with E-state index in [9.17, 15) is 13.2 Å². The maximum absolute atomic E-state index is 12.6. The first-order chi connectivity index (χ1) is 14.8. The third kappa shape index (κ3) is 6.21. The number of sulfonamides is 1. The number of ether oxygens (including phenoxy) is 1. The molecule has 1 amide bonds. The molecule has 0 fully saturated rings. The normalized spacial score (nSPS) is 11.2. The summed E-state index contributed by atoms with van der Waals surface area (Å²) in [7, 11) is -3.69. The molecule has 0 aliphatic carbocycles. The summed E-state index contributed by atoms with van der Waals surface area (Å²) in [5.41, 5.74) is 1.81. The van der Waals surface area contributed by atoms with E-state index in [1.807, 2.05) is 30.3 Å². The van der Waals surface area contributed by atoms with Crippen LogP contribution in [-0.4, -0.2) is 20.9 Å². The SMILES string of the molecule is Cc1cc(S(=O)(=O)NCc2ccccc2)ccc1OCC(=O)Nc1cccc(Cl)c1Cl. The van der Waals surface area contributed by atoms with Gasteiger partial charge in [-0.2, -0.15) is 0 Å². The molecule has 0 bridgehead atoms. The van der Waals surface area contributed by atoms with Crippen molar-refractivity contribution >= 4 is 44.8 Å². The van der Waals surface area contributed by atoms with Crippen molar-refractivity contribution < 1.29 is 17.9 Å². The quantitative estimate of drug-likeness (QED) is 0.486. The fourth-order valence-corrected chi connectivity index (χ4v) is 4.19. The number of carbonyl (C=O) groups is 1. The van der Waals surface area contributed by atoms with Gasteiger partial charge in [-0.25, -0.2) is 13.1 Å². The molecule has 0 spiro atoms. The van der Waals surface area contributed by atoms with Crippen LogP contribution in [0.4, 0.5) is 5.69 Å². The third-order valence-electron chi connectivity index (χ3n) is 4.35. The van der Waals surface area contributed by atoms with Crippen LogP contribution in [0.25, 0.3) is 0 Å². The molecule has 0 aliphatic heterocycles. The largest absolute Gasteiger partial charge is 0.483 e. The van der Waals surface area contributed by atoms with Gasteiger partial charge in [0.05, 0.1) is 20.6 Å². The summed E-state index contributed by atoms with van der Waals surface area (Å²) in [6.45, 7) is 1.62. The first-order valence-electron chi connectivity index (χ1n) is 9.27. The molecule has 0 atom stereocenters. The third-order valence-corrected chi connectivity index (χ3v) is 6.57. The van der Waals surface area contributed by atoms with Crippen LogP contribution in [0.1, 0.15) is 11.1 Å². The molecular formula is C22H20Cl2N2O4S. The minimum Gasteiger partial charge on any atom is -0.483 e. The molecule has 3 rings (SSSR count). The molecule has 0 heterocycles. The predicted octanol–water partition coefficient (Wildman–Crippen LogP) is 4.80. The second kappa shape index (κ2) is 10.2. The van der Waals surface area contributed by atoms with Gasteiger partial charge in [-0.05, 0) is 48.4 Å². The van der Waals surface area contributed by atoms with E-state index in [1.54, 1.807) is 25.1 Å². The zero-order chi connectivity index (χ0) is 22.4. The Morgan fingerprint density at radius 1 is 1.00 bits per heavy atom. The van der Waals surface area contributed by atoms with E-state index in [4.69, 9.17) is 27.9 Å². The maximum Gasteiger partial charge on any atom is 0.262 e. The lowest BCUT2D eigenvalue weighted by Crippen LogP contribution is -2.23. The van der Waals surface area contributed by atoms with Crippen molar-refractivity contribution in [2.24, 2.45) is 0 Å². The highest BCUT2D eigenvalue weighted by Crippen LogP contribution is 2.29. The summed E-state index contributed by atoms with van der Waals surface area (Å²) in [6, 6.07) is 18.6. The number of rotatable bonds is 8. The number of benzene rings is 3. The summed E-state index contributed by atoms with van der Waals surface area (Å²) in [5, 5.41) is 3.19. The van der Waals surface area contributed by atoms with Gasteiger partial charge in [-0.1, -0.05) is 59.6 Å². The number of carbonyl (C=O) groups excluding carboxylic acids is 1. The van der Waals surface area contributed by atoms with Crippen molar-refractivity contribution in [3.8, 4) is 5.75 Å². The minimum atomic E-state index is -3.69. The molecule has 2 N–H and O–H groups in total. The fourth-order valence-electron chi connectivity index (χ4n) is 2.74. The van der Waals surface area contributed by atoms with Crippen molar-refractivity contribution in [3.05, 3.63) is 87.9 Å². The average molecular weight is 479 g/mol. The Labute approximate surface area is 191 Å². The second-order valence-electron chi connectivity index (χ2n) is 6.68. The number of anilines is 1. The van der Waals surface area contributed by atoms with Gasteiger partial charge < -0.3 is 10.1 Å². The molecule has 0 saturated heterocycles. The van der Waals surface area contributed by atoms with E-state index in [0.29, 0.717) is 22.0 Å². The average Bonchev–Trinajstić information content (AvgIpc) is 2.75. The lowest BCUT2D eigenvalue weighted by Gasteiger charge is -2.12. The van der Waals surface area contributed by atoms with E-state index in [0.717, 1.165) is 5.56 Å². The lowest BCUT2D eigenvalue weighted by molar-refractivity contribution is -0.118. The second-order valence-corrected chi connectivity index (χ2v) is 9.23. The van der Waals surface area contributed by atoms with Crippen LogP contribution >= 0.6 is 23.2 Å². The van der Waals surface area contributed by atoms with Gasteiger partial charge in [-0.15, -0.1) is 0 Å². The summed E-state index contributed by atoms with van der Waals surface area (Å²) in [5.74, 6) is -0.0286. The van der Waals surface area contributed by atoms with Crippen LogP contribution in [0.5, 0.6) is 5.75 Å². The van der Waals surface area contributed by atoms with Crippen molar-refractivity contribution in [2.75, 3.05) is 11.9 Å². The molecule has 0 unspecified atom stereocenters. The molecule has 0 aliphatic rings. The number of hydrogen-bond donors (Lipinski definition) is 2. The summed E-state index contributed by atoms with van der Waals surface area (Å²) in [6.07, 6.45) is 0. The number of nitrogens with one attached hydrogen (secondary N) is 2. The maximum atomic E-state index is 12.6. The molecule has 0 aromatic heterocycles. The van der Waals surface area contributed by atoms with Crippen LogP contribution in [0.3, 0.4) is 0 Å². The smallest absolute Gasteiger partial charge is 0.262 e. The van der Waals surface area contributed by atoms with Crippen molar-refractivity contribution in [3.63, 3.8) is 0 Å². The molecule has 162 valence electrons. The van der Waals surface area contributed by atoms with Crippen LogP contribution in [-0.2, 0) is 21.4 Å². The molecule has 0 saturated carbocycles. The zero-order valence-electron chi connectivity index (χ0n) is 16.6. The monoisotopic (exact) mass is 478 g/mol. The molecule has 31 heavy (non-hydrogen) atoms. The first-order valence-corrected chi connectivity index (χ1v) is 11.5. The van der Waals surface area contributed by atoms with Crippen molar-refractivity contribution in [1.82, 2.24) is 4.72 Å². The molecule has 3 aromatic carbocycles. The number of hydrogen-bond acceptors (Lipinski definition) is 4. The molecular weight excluding hydrogens is 459 g/mol. The molecule has 0 radical (unpaired) electrons. The van der Waals surface area contributed by atoms with E-state index in [2.05, 4.69) is 10.0 Å². The molecule has 9 heteroatoms. The van der Waals surface area contributed by atoms with Crippen LogP contribution in [0.2, 0.25) is 10.0 Å². The van der Waals surface area contributed by atoms with Gasteiger partial charge in [0, 0.05) is 6.54 Å². The van der Waals surface area contributed by atoms with Crippen molar-refractivity contribution in [2.45, 2.75) is 18.4 Å². The Hall–Kier alpha value is -2.58. The van der Waals surface area contributed by atoms with Gasteiger partial charge >= 0.3 is 0 Å². The number of amides is 1. The Morgan fingerprint density at radius 3 is 2.45 bits per heavy atom. The minimum absolute atomic E-state index is 0.114. The Kier molecular flexibility index (Phi) is 7.56. The van der Waals surface area contributed by atoms with E-state index < -0.39 is 15.9 Å². The van der Waals surface area contributed by atoms with Gasteiger partial charge in [-0.3, -0.25) is 4.79 Å². The first kappa shape index (κ1) is 23.1. The highest BCUT2D eigenvalue weighted by molar-refractivity contribution is 7.89. The van der Waals surface area contributed by atoms with Gasteiger partial charge in [0.15, 0.2) is 6.61 Å². The van der Waals surface area contributed by atoms with E-state index in [-0.39, 0.29) is 23.1 Å². The highest BCUT2D eigenvalue weighted by atomic mass is 35.5. The Bertz CT molecular complexity index is 1190. The van der Waals surface area contributed by atoms with Crippen molar-refractivity contribution in [1.29, 1.82) is 0 Å². The lowest BCUT2D eigenvalue weighted by atomic mass is 10.2. The van der Waals surface area contributed by atoms with Crippen LogP contribution in [0, 0.1) is 6.92 Å². The van der Waals surface area contributed by atoms with Gasteiger partial charge in [0.25, 0.3) is 5.91 Å². The predicted molar refractivity (Wildman–Crippen MR) is 122 cm³/mol. The topological polar surface area (TPSA) is 84.5 Å². The van der Waals surface area contributed by atoms with Crippen LogP contribution < -0.4 is 14.8 Å². The molecule has 6 nitrogen and oxygen atoms in total. The fraction of sp³-hybridized carbons (Fsp3) is 0.136. The summed E-state index contributed by atoms with van der Waals surface area (Å²) < 4.78 is 33.2. The summed E-state index contributed by atoms with van der Waals surface area (Å²) >= 11 is 12.0. The highest BCUT2D eigenvalue weighted by Gasteiger charge is 2.16. The Morgan fingerprint density at radius 2 is 1.74 bits per heavy atom. The van der Waals surface area contributed by atoms with Crippen LogP contribution in [0.15, 0.2) is 71.6 Å². The van der Waals surface area contributed by atoms with Gasteiger partial charge in [0.2, 0.25) is 10.0 Å². The molecule has 3 aromatic rings.